The number of hydrogen-bond donors (Lipinski definition) is 2. The topological polar surface area (TPSA) is 50.4 Å². The Morgan fingerprint density at radius 2 is 2.04 bits per heavy atom. The molecule has 3 rings (SSSR count). The number of halogens is 2. The highest BCUT2D eigenvalue weighted by atomic mass is 79.9. The summed E-state index contributed by atoms with van der Waals surface area (Å²) >= 11 is 3.41. The van der Waals surface area contributed by atoms with Crippen LogP contribution >= 0.6 is 15.9 Å². The Morgan fingerprint density at radius 1 is 1.26 bits per heavy atom. The molecule has 0 aromatic heterocycles. The number of carbonyl (C=O) groups excluding carboxylic acids is 1. The van der Waals surface area contributed by atoms with Crippen LogP contribution in [0.1, 0.15) is 11.1 Å². The number of hydroxylamine groups is 1. The molecule has 6 heteroatoms. The van der Waals surface area contributed by atoms with Crippen molar-refractivity contribution in [3.05, 3.63) is 76.0 Å². The number of hydrogen-bond acceptors (Lipinski definition) is 3. The van der Waals surface area contributed by atoms with E-state index in [1.165, 1.54) is 12.1 Å². The molecule has 118 valence electrons. The molecule has 0 radical (unpaired) electrons. The maximum Gasteiger partial charge on any atom is 0.256 e. The minimum absolute atomic E-state index is 0.258. The van der Waals surface area contributed by atoms with Crippen LogP contribution in [0.4, 0.5) is 4.39 Å². The van der Waals surface area contributed by atoms with E-state index in [-0.39, 0.29) is 11.7 Å². The van der Waals surface area contributed by atoms with Gasteiger partial charge in [-0.15, -0.1) is 0 Å². The van der Waals surface area contributed by atoms with Crippen molar-refractivity contribution in [1.82, 2.24) is 10.8 Å². The second kappa shape index (κ2) is 6.93. The summed E-state index contributed by atoms with van der Waals surface area (Å²) in [6.07, 6.45) is 1.02. The lowest BCUT2D eigenvalue weighted by atomic mass is 10.1. The molecular formula is C17H14BrFN2O2. The third-order valence-electron chi connectivity index (χ3n) is 3.39. The van der Waals surface area contributed by atoms with Crippen LogP contribution in [0.5, 0.6) is 0 Å². The van der Waals surface area contributed by atoms with E-state index >= 15 is 0 Å². The predicted molar refractivity (Wildman–Crippen MR) is 88.4 cm³/mol. The molecule has 2 N–H and O–H groups in total. The van der Waals surface area contributed by atoms with Crippen LogP contribution in [-0.2, 0) is 16.2 Å². The largest absolute Gasteiger partial charge is 0.349 e. The van der Waals surface area contributed by atoms with Crippen LogP contribution in [0.2, 0.25) is 0 Å². The van der Waals surface area contributed by atoms with Gasteiger partial charge in [0.15, 0.2) is 6.10 Å². The van der Waals surface area contributed by atoms with E-state index in [4.69, 9.17) is 4.84 Å². The molecule has 2 aromatic carbocycles. The summed E-state index contributed by atoms with van der Waals surface area (Å²) in [5.74, 6) is -0.558. The molecular weight excluding hydrogens is 363 g/mol. The van der Waals surface area contributed by atoms with Gasteiger partial charge in [0.05, 0.1) is 5.70 Å². The van der Waals surface area contributed by atoms with Crippen molar-refractivity contribution >= 4 is 27.5 Å². The normalized spacial score (nSPS) is 16.6. The van der Waals surface area contributed by atoms with Crippen LogP contribution in [-0.4, -0.2) is 12.0 Å². The molecule has 1 aliphatic rings. The zero-order valence-electron chi connectivity index (χ0n) is 12.1. The number of rotatable bonds is 4. The lowest BCUT2D eigenvalue weighted by molar-refractivity contribution is -0.131. The second-order valence-corrected chi connectivity index (χ2v) is 5.99. The fourth-order valence-electron chi connectivity index (χ4n) is 2.18. The van der Waals surface area contributed by atoms with Crippen LogP contribution in [0.15, 0.2) is 59.1 Å². The van der Waals surface area contributed by atoms with Gasteiger partial charge in [-0.2, -0.15) is 0 Å². The fourth-order valence-corrected chi connectivity index (χ4v) is 2.58. The molecule has 0 saturated heterocycles. The van der Waals surface area contributed by atoms with Crippen molar-refractivity contribution in [2.24, 2.45) is 0 Å². The quantitative estimate of drug-likeness (QED) is 0.861. The van der Waals surface area contributed by atoms with E-state index in [1.54, 1.807) is 18.2 Å². The molecule has 0 fully saturated rings. The van der Waals surface area contributed by atoms with Gasteiger partial charge in [-0.05, 0) is 35.9 Å². The molecule has 0 saturated carbocycles. The summed E-state index contributed by atoms with van der Waals surface area (Å²) in [5.41, 5.74) is 5.26. The monoisotopic (exact) mass is 376 g/mol. The zero-order valence-corrected chi connectivity index (χ0v) is 13.6. The fraction of sp³-hybridized carbons (Fsp3) is 0.118. The highest BCUT2D eigenvalue weighted by Gasteiger charge is 2.24. The lowest BCUT2D eigenvalue weighted by Gasteiger charge is -2.09. The van der Waals surface area contributed by atoms with Crippen LogP contribution in [0, 0.1) is 5.82 Å². The highest BCUT2D eigenvalue weighted by molar-refractivity contribution is 9.10. The number of nitrogens with one attached hydrogen (secondary N) is 2. The standard InChI is InChI=1S/C17H14BrFN2O2/c18-13-3-1-2-12(8-13)15-9-16(23-21-15)17(22)20-10-11-4-6-14(19)7-5-11/h1-9,16,21H,10H2,(H,20,22)/t16-/m1/s1. The first-order valence-electron chi connectivity index (χ1n) is 7.03. The van der Waals surface area contributed by atoms with E-state index in [0.29, 0.717) is 6.54 Å². The first-order valence-corrected chi connectivity index (χ1v) is 7.83. The van der Waals surface area contributed by atoms with Crippen LogP contribution < -0.4 is 10.8 Å². The number of amides is 1. The van der Waals surface area contributed by atoms with Gasteiger partial charge >= 0.3 is 0 Å². The highest BCUT2D eigenvalue weighted by Crippen LogP contribution is 2.21. The summed E-state index contributed by atoms with van der Waals surface area (Å²) in [6.45, 7) is 0.318. The van der Waals surface area contributed by atoms with Gasteiger partial charge in [0.2, 0.25) is 0 Å². The van der Waals surface area contributed by atoms with Gasteiger partial charge in [0.25, 0.3) is 5.91 Å². The molecule has 1 amide bonds. The Bertz CT molecular complexity index is 747. The van der Waals surface area contributed by atoms with Gasteiger partial charge < -0.3 is 5.32 Å². The summed E-state index contributed by atoms with van der Waals surface area (Å²) < 4.78 is 13.8. The Labute approximate surface area is 141 Å². The van der Waals surface area contributed by atoms with Crippen molar-refractivity contribution in [3.8, 4) is 0 Å². The number of carbonyl (C=O) groups is 1. The van der Waals surface area contributed by atoms with E-state index in [0.717, 1.165) is 21.3 Å². The van der Waals surface area contributed by atoms with Gasteiger partial charge in [-0.25, -0.2) is 4.39 Å². The number of benzene rings is 2. The molecule has 4 nitrogen and oxygen atoms in total. The maximum absolute atomic E-state index is 12.8. The molecule has 1 atom stereocenters. The Balaban J connectivity index is 1.61. The molecule has 1 heterocycles. The average Bonchev–Trinajstić information content (AvgIpc) is 3.04. The Kier molecular flexibility index (Phi) is 4.73. The molecule has 0 aliphatic carbocycles. The van der Waals surface area contributed by atoms with Crippen LogP contribution in [0.25, 0.3) is 5.70 Å². The predicted octanol–water partition coefficient (Wildman–Crippen LogP) is 3.15. The Hall–Kier alpha value is -2.18. The minimum atomic E-state index is -0.704. The molecule has 0 spiro atoms. The van der Waals surface area contributed by atoms with Crippen molar-refractivity contribution in [2.75, 3.05) is 0 Å². The van der Waals surface area contributed by atoms with E-state index in [2.05, 4.69) is 26.7 Å². The van der Waals surface area contributed by atoms with Gasteiger partial charge in [-0.1, -0.05) is 40.2 Å². The third-order valence-corrected chi connectivity index (χ3v) is 3.88. The molecule has 23 heavy (non-hydrogen) atoms. The summed E-state index contributed by atoms with van der Waals surface area (Å²) in [7, 11) is 0. The molecule has 1 aliphatic heterocycles. The average molecular weight is 377 g/mol. The van der Waals surface area contributed by atoms with E-state index in [9.17, 15) is 9.18 Å². The van der Waals surface area contributed by atoms with Crippen LogP contribution in [0.3, 0.4) is 0 Å². The first-order chi connectivity index (χ1) is 11.1. The zero-order chi connectivity index (χ0) is 16.2. The smallest absolute Gasteiger partial charge is 0.256 e. The summed E-state index contributed by atoms with van der Waals surface area (Å²) in [4.78, 5) is 17.4. The van der Waals surface area contributed by atoms with Crippen molar-refractivity contribution in [3.63, 3.8) is 0 Å². The molecule has 0 bridgehead atoms. The second-order valence-electron chi connectivity index (χ2n) is 5.08. The van der Waals surface area contributed by atoms with E-state index in [1.807, 2.05) is 24.3 Å². The molecule has 2 aromatic rings. The SMILES string of the molecule is O=C(NCc1ccc(F)cc1)[C@H]1C=C(c2cccc(Br)c2)NO1. The third kappa shape index (κ3) is 3.97. The minimum Gasteiger partial charge on any atom is -0.349 e. The first kappa shape index (κ1) is 15.7. The lowest BCUT2D eigenvalue weighted by Crippen LogP contribution is -2.34. The van der Waals surface area contributed by atoms with Crippen molar-refractivity contribution in [1.29, 1.82) is 0 Å². The summed E-state index contributed by atoms with van der Waals surface area (Å²) in [6, 6.07) is 13.7. The van der Waals surface area contributed by atoms with Gasteiger partial charge in [0.1, 0.15) is 5.82 Å². The van der Waals surface area contributed by atoms with Crippen molar-refractivity contribution in [2.45, 2.75) is 12.6 Å². The Morgan fingerprint density at radius 3 is 2.78 bits per heavy atom. The summed E-state index contributed by atoms with van der Waals surface area (Å²) in [5, 5.41) is 2.76. The van der Waals surface area contributed by atoms with Gasteiger partial charge in [-0.3, -0.25) is 15.1 Å². The maximum atomic E-state index is 12.8. The van der Waals surface area contributed by atoms with Crippen molar-refractivity contribution < 1.29 is 14.0 Å². The van der Waals surface area contributed by atoms with E-state index < -0.39 is 6.10 Å². The molecule has 0 unspecified atom stereocenters. The van der Waals surface area contributed by atoms with Gasteiger partial charge in [0, 0.05) is 16.6 Å².